The molecule has 0 heterocycles. The molecule has 106 valence electrons. The Kier molecular flexibility index (Phi) is 4.95. The minimum Gasteiger partial charge on any atom is -0.496 e. The molecule has 0 aromatic heterocycles. The van der Waals surface area contributed by atoms with Crippen LogP contribution in [-0.2, 0) is 10.2 Å². The molecule has 0 fully saturated rings. The number of carboxylic acids is 1. The van der Waals surface area contributed by atoms with Crippen molar-refractivity contribution in [3.63, 3.8) is 0 Å². The van der Waals surface area contributed by atoms with Gasteiger partial charge in [0.1, 0.15) is 5.75 Å². The summed E-state index contributed by atoms with van der Waals surface area (Å²) < 4.78 is 5.50. The molecule has 0 bridgehead atoms. The van der Waals surface area contributed by atoms with Crippen LogP contribution in [-0.4, -0.2) is 18.2 Å². The minimum atomic E-state index is -0.832. The third-order valence-electron chi connectivity index (χ3n) is 3.13. The van der Waals surface area contributed by atoms with Gasteiger partial charge in [0.15, 0.2) is 0 Å². The third-order valence-corrected chi connectivity index (χ3v) is 3.13. The second-order valence-corrected chi connectivity index (χ2v) is 5.72. The van der Waals surface area contributed by atoms with Gasteiger partial charge in [0, 0.05) is 18.0 Å². The number of aliphatic carboxylic acids is 1. The summed E-state index contributed by atoms with van der Waals surface area (Å²) in [7, 11) is 1.62. The zero-order chi connectivity index (χ0) is 14.6. The van der Waals surface area contributed by atoms with E-state index in [0.717, 1.165) is 16.9 Å². The summed E-state index contributed by atoms with van der Waals surface area (Å²) >= 11 is 0. The summed E-state index contributed by atoms with van der Waals surface area (Å²) in [4.78, 5) is 10.6. The summed E-state index contributed by atoms with van der Waals surface area (Å²) in [6.07, 6.45) is 0.462. The average Bonchev–Trinajstić information content (AvgIpc) is 2.33. The molecule has 1 aromatic rings. The maximum Gasteiger partial charge on any atom is 0.303 e. The molecule has 0 aliphatic carbocycles. The van der Waals surface area contributed by atoms with Crippen molar-refractivity contribution < 1.29 is 14.6 Å². The maximum atomic E-state index is 10.6. The van der Waals surface area contributed by atoms with E-state index in [-0.39, 0.29) is 17.9 Å². The van der Waals surface area contributed by atoms with Crippen LogP contribution in [0.4, 0.5) is 0 Å². The van der Waals surface area contributed by atoms with Crippen LogP contribution in [0.1, 0.15) is 50.8 Å². The lowest BCUT2D eigenvalue weighted by atomic mass is 9.84. The molecule has 0 aliphatic heterocycles. The molecule has 0 amide bonds. The molecule has 1 unspecified atom stereocenters. The van der Waals surface area contributed by atoms with Gasteiger partial charge in [-0.05, 0) is 17.4 Å². The maximum absolute atomic E-state index is 10.6. The zero-order valence-electron chi connectivity index (χ0n) is 12.1. The topological polar surface area (TPSA) is 72.5 Å². The molecule has 0 spiro atoms. The van der Waals surface area contributed by atoms with Crippen LogP contribution >= 0.6 is 0 Å². The molecule has 1 atom stereocenters. The third kappa shape index (κ3) is 3.96. The van der Waals surface area contributed by atoms with Gasteiger partial charge in [-0.3, -0.25) is 4.79 Å². The molecule has 0 saturated heterocycles. The van der Waals surface area contributed by atoms with Crippen molar-refractivity contribution in [1.29, 1.82) is 0 Å². The summed E-state index contributed by atoms with van der Waals surface area (Å²) in [5.74, 6) is -0.0609. The first-order chi connectivity index (χ1) is 8.77. The predicted molar refractivity (Wildman–Crippen MR) is 75.5 cm³/mol. The number of methoxy groups -OCH3 is 1. The van der Waals surface area contributed by atoms with Gasteiger partial charge in [-0.25, -0.2) is 0 Å². The summed E-state index contributed by atoms with van der Waals surface area (Å²) in [5, 5.41) is 8.73. The van der Waals surface area contributed by atoms with Crippen LogP contribution in [0.2, 0.25) is 0 Å². The number of ether oxygens (including phenoxy) is 1. The van der Waals surface area contributed by atoms with Crippen LogP contribution in [0.15, 0.2) is 18.2 Å². The molecular weight excluding hydrogens is 242 g/mol. The van der Waals surface area contributed by atoms with Crippen LogP contribution < -0.4 is 10.5 Å². The number of nitrogens with two attached hydrogens (primary N) is 1. The fraction of sp³-hybridized carbons (Fsp3) is 0.533. The standard InChI is InChI=1S/C15H23NO3/c1-15(2,3)11-7-5-6-10(14(11)19-4)12(16)8-9-13(17)18/h5-7,12H,8-9,16H2,1-4H3,(H,17,18). The highest BCUT2D eigenvalue weighted by atomic mass is 16.5. The van der Waals surface area contributed by atoms with Crippen molar-refractivity contribution in [3.8, 4) is 5.75 Å². The van der Waals surface area contributed by atoms with E-state index in [9.17, 15) is 4.79 Å². The Morgan fingerprint density at radius 3 is 2.53 bits per heavy atom. The number of rotatable bonds is 5. The normalized spacial score (nSPS) is 13.1. The first kappa shape index (κ1) is 15.5. The molecule has 3 N–H and O–H groups in total. The van der Waals surface area contributed by atoms with Crippen LogP contribution in [0.25, 0.3) is 0 Å². The number of hydrogen-bond donors (Lipinski definition) is 2. The molecule has 1 rings (SSSR count). The summed E-state index contributed by atoms with van der Waals surface area (Å²) in [6, 6.07) is 5.54. The molecule has 1 aromatic carbocycles. The predicted octanol–water partition coefficient (Wildman–Crippen LogP) is 2.86. The quantitative estimate of drug-likeness (QED) is 0.858. The van der Waals surface area contributed by atoms with Crippen molar-refractivity contribution >= 4 is 5.97 Å². The number of carboxylic acid groups (broad SMARTS) is 1. The molecule has 0 aliphatic rings. The highest BCUT2D eigenvalue weighted by molar-refractivity contribution is 5.66. The van der Waals surface area contributed by atoms with Crippen molar-refractivity contribution in [3.05, 3.63) is 29.3 Å². The lowest BCUT2D eigenvalue weighted by Crippen LogP contribution is -2.18. The second-order valence-electron chi connectivity index (χ2n) is 5.72. The molecule has 4 nitrogen and oxygen atoms in total. The Labute approximate surface area is 114 Å². The minimum absolute atomic E-state index is 0.0477. The number of hydrogen-bond acceptors (Lipinski definition) is 3. The van der Waals surface area contributed by atoms with Gasteiger partial charge < -0.3 is 15.6 Å². The van der Waals surface area contributed by atoms with E-state index < -0.39 is 5.97 Å². The van der Waals surface area contributed by atoms with Gasteiger partial charge in [0.25, 0.3) is 0 Å². The SMILES string of the molecule is COc1c(C(N)CCC(=O)O)cccc1C(C)(C)C. The Balaban J connectivity index is 3.10. The summed E-state index contributed by atoms with van der Waals surface area (Å²) in [5.41, 5.74) is 7.99. The van der Waals surface area contributed by atoms with Gasteiger partial charge in [-0.2, -0.15) is 0 Å². The monoisotopic (exact) mass is 265 g/mol. The smallest absolute Gasteiger partial charge is 0.303 e. The Morgan fingerprint density at radius 2 is 2.05 bits per heavy atom. The molecular formula is C15H23NO3. The van der Waals surface area contributed by atoms with Gasteiger partial charge >= 0.3 is 5.97 Å². The number of para-hydroxylation sites is 1. The zero-order valence-corrected chi connectivity index (χ0v) is 12.1. The lowest BCUT2D eigenvalue weighted by molar-refractivity contribution is -0.137. The molecule has 19 heavy (non-hydrogen) atoms. The van der Waals surface area contributed by atoms with E-state index in [0.29, 0.717) is 6.42 Å². The van der Waals surface area contributed by atoms with Crippen molar-refractivity contribution in [2.75, 3.05) is 7.11 Å². The largest absolute Gasteiger partial charge is 0.496 e. The van der Waals surface area contributed by atoms with Gasteiger partial charge in [0.2, 0.25) is 0 Å². The van der Waals surface area contributed by atoms with Gasteiger partial charge in [-0.1, -0.05) is 39.0 Å². The Hall–Kier alpha value is -1.55. The van der Waals surface area contributed by atoms with Crippen LogP contribution in [0, 0.1) is 0 Å². The van der Waals surface area contributed by atoms with E-state index in [4.69, 9.17) is 15.6 Å². The average molecular weight is 265 g/mol. The second kappa shape index (κ2) is 6.06. The first-order valence-electron chi connectivity index (χ1n) is 6.42. The van der Waals surface area contributed by atoms with Gasteiger partial charge in [0.05, 0.1) is 7.11 Å². The van der Waals surface area contributed by atoms with Gasteiger partial charge in [-0.15, -0.1) is 0 Å². The molecule has 0 saturated carbocycles. The lowest BCUT2D eigenvalue weighted by Gasteiger charge is -2.25. The first-order valence-corrected chi connectivity index (χ1v) is 6.42. The number of carbonyl (C=O) groups is 1. The van der Waals surface area contributed by atoms with Crippen molar-refractivity contribution in [2.24, 2.45) is 5.73 Å². The fourth-order valence-corrected chi connectivity index (χ4v) is 2.10. The van der Waals surface area contributed by atoms with E-state index in [1.54, 1.807) is 7.11 Å². The van der Waals surface area contributed by atoms with Crippen LogP contribution in [0.5, 0.6) is 5.75 Å². The van der Waals surface area contributed by atoms with E-state index in [1.165, 1.54) is 0 Å². The highest BCUT2D eigenvalue weighted by Gasteiger charge is 2.23. The highest BCUT2D eigenvalue weighted by Crippen LogP contribution is 2.36. The summed E-state index contributed by atoms with van der Waals surface area (Å²) in [6.45, 7) is 6.33. The molecule has 0 radical (unpaired) electrons. The van der Waals surface area contributed by atoms with E-state index in [1.807, 2.05) is 18.2 Å². The number of benzene rings is 1. The van der Waals surface area contributed by atoms with Crippen molar-refractivity contribution in [2.45, 2.75) is 45.1 Å². The molecule has 4 heteroatoms. The Bertz CT molecular complexity index is 449. The van der Waals surface area contributed by atoms with Crippen LogP contribution in [0.3, 0.4) is 0 Å². The Morgan fingerprint density at radius 1 is 1.42 bits per heavy atom. The van der Waals surface area contributed by atoms with E-state index >= 15 is 0 Å². The van der Waals surface area contributed by atoms with E-state index in [2.05, 4.69) is 20.8 Å². The fourth-order valence-electron chi connectivity index (χ4n) is 2.10. The van der Waals surface area contributed by atoms with Crippen molar-refractivity contribution in [1.82, 2.24) is 0 Å².